The van der Waals surface area contributed by atoms with Gasteiger partial charge in [0.2, 0.25) is 11.8 Å². The number of nitrogens with zero attached hydrogens (tertiary/aromatic N) is 2. The number of benzene rings is 3. The Labute approximate surface area is 183 Å². The van der Waals surface area contributed by atoms with Gasteiger partial charge in [-0.3, -0.25) is 0 Å². The molecule has 6 nitrogen and oxygen atoms in total. The third-order valence-electron chi connectivity index (χ3n) is 4.62. The molecule has 0 aliphatic heterocycles. The van der Waals surface area contributed by atoms with Crippen molar-refractivity contribution in [1.29, 1.82) is 0 Å². The molecule has 0 aliphatic rings. The van der Waals surface area contributed by atoms with Crippen molar-refractivity contribution in [3.05, 3.63) is 89.0 Å². The van der Waals surface area contributed by atoms with Gasteiger partial charge in [0.15, 0.2) is 0 Å². The summed E-state index contributed by atoms with van der Waals surface area (Å²) in [6.07, 6.45) is 0. The van der Waals surface area contributed by atoms with Gasteiger partial charge in [0.05, 0.1) is 14.2 Å². The summed E-state index contributed by atoms with van der Waals surface area (Å²) in [7, 11) is 3.16. The molecule has 0 aliphatic carbocycles. The van der Waals surface area contributed by atoms with Crippen molar-refractivity contribution in [2.24, 2.45) is 0 Å². The van der Waals surface area contributed by atoms with Crippen LogP contribution in [0.3, 0.4) is 0 Å². The minimum atomic E-state index is -0.496. The quantitative estimate of drug-likeness (QED) is 0.395. The zero-order valence-electron chi connectivity index (χ0n) is 16.8. The molecule has 0 saturated heterocycles. The van der Waals surface area contributed by atoms with Crippen LogP contribution in [0.5, 0.6) is 11.5 Å². The lowest BCUT2D eigenvalue weighted by molar-refractivity contribution is 0.394. The van der Waals surface area contributed by atoms with E-state index in [9.17, 15) is 4.39 Å². The van der Waals surface area contributed by atoms with Gasteiger partial charge in [-0.05, 0) is 35.9 Å². The van der Waals surface area contributed by atoms with Gasteiger partial charge in [-0.2, -0.15) is 0 Å². The molecular weight excluding hydrogens is 421 g/mol. The van der Waals surface area contributed by atoms with E-state index in [0.717, 1.165) is 11.3 Å². The number of rotatable bonds is 7. The SMILES string of the molecule is COc1cc(NC(c2ccc(Cl)cc2)c2nnc(-c3cccc(F)c3)o2)cc(OC)c1. The van der Waals surface area contributed by atoms with Gasteiger partial charge >= 0.3 is 0 Å². The summed E-state index contributed by atoms with van der Waals surface area (Å²) in [5, 5.41) is 12.3. The fourth-order valence-corrected chi connectivity index (χ4v) is 3.22. The maximum atomic E-state index is 13.6. The van der Waals surface area contributed by atoms with E-state index in [-0.39, 0.29) is 11.7 Å². The third-order valence-corrected chi connectivity index (χ3v) is 4.88. The Bertz CT molecular complexity index is 1160. The molecule has 4 rings (SSSR count). The van der Waals surface area contributed by atoms with Crippen LogP contribution >= 0.6 is 11.6 Å². The van der Waals surface area contributed by atoms with Crippen LogP contribution in [0.25, 0.3) is 11.5 Å². The third kappa shape index (κ3) is 4.78. The van der Waals surface area contributed by atoms with E-state index in [1.54, 1.807) is 44.6 Å². The largest absolute Gasteiger partial charge is 0.497 e. The van der Waals surface area contributed by atoms with Crippen LogP contribution in [-0.2, 0) is 0 Å². The number of methoxy groups -OCH3 is 2. The van der Waals surface area contributed by atoms with Crippen molar-refractivity contribution in [2.45, 2.75) is 6.04 Å². The number of aromatic nitrogens is 2. The average Bonchev–Trinajstić information content (AvgIpc) is 3.28. The van der Waals surface area contributed by atoms with Crippen molar-refractivity contribution >= 4 is 17.3 Å². The van der Waals surface area contributed by atoms with Gasteiger partial charge in [0.1, 0.15) is 23.4 Å². The highest BCUT2D eigenvalue weighted by Crippen LogP contribution is 2.32. The summed E-state index contributed by atoms with van der Waals surface area (Å²) in [4.78, 5) is 0. The first-order valence-electron chi connectivity index (χ1n) is 9.40. The first-order valence-corrected chi connectivity index (χ1v) is 9.78. The lowest BCUT2D eigenvalue weighted by Crippen LogP contribution is -2.13. The molecule has 0 fully saturated rings. The first-order chi connectivity index (χ1) is 15.1. The molecule has 1 atom stereocenters. The molecule has 3 aromatic carbocycles. The van der Waals surface area contributed by atoms with Crippen LogP contribution in [-0.4, -0.2) is 24.4 Å². The maximum Gasteiger partial charge on any atom is 0.247 e. The highest BCUT2D eigenvalue weighted by molar-refractivity contribution is 6.30. The lowest BCUT2D eigenvalue weighted by Gasteiger charge is -2.18. The van der Waals surface area contributed by atoms with Crippen LogP contribution in [0, 0.1) is 5.82 Å². The van der Waals surface area contributed by atoms with Crippen LogP contribution in [0.1, 0.15) is 17.5 Å². The first kappa shape index (κ1) is 20.7. The Kier molecular flexibility index (Phi) is 6.04. The molecule has 1 unspecified atom stereocenters. The average molecular weight is 440 g/mol. The second-order valence-corrected chi connectivity index (χ2v) is 7.12. The molecule has 158 valence electrons. The molecule has 1 aromatic heterocycles. The molecule has 0 spiro atoms. The molecule has 31 heavy (non-hydrogen) atoms. The number of hydrogen-bond acceptors (Lipinski definition) is 6. The molecule has 0 radical (unpaired) electrons. The predicted octanol–water partition coefficient (Wildman–Crippen LogP) is 5.75. The minimum absolute atomic E-state index is 0.221. The normalized spacial score (nSPS) is 11.7. The Morgan fingerprint density at radius 2 is 1.65 bits per heavy atom. The molecular formula is C23H19ClFN3O3. The van der Waals surface area contributed by atoms with E-state index in [0.29, 0.717) is 28.0 Å². The maximum absolute atomic E-state index is 13.6. The summed E-state index contributed by atoms with van der Waals surface area (Å²) in [6.45, 7) is 0. The number of halogens is 2. The molecule has 0 saturated carbocycles. The van der Waals surface area contributed by atoms with Crippen molar-refractivity contribution in [2.75, 3.05) is 19.5 Å². The van der Waals surface area contributed by atoms with Crippen LogP contribution in [0.2, 0.25) is 5.02 Å². The monoisotopic (exact) mass is 439 g/mol. The Morgan fingerprint density at radius 3 is 2.29 bits per heavy atom. The summed E-state index contributed by atoms with van der Waals surface area (Å²) >= 11 is 6.06. The van der Waals surface area contributed by atoms with E-state index in [1.807, 2.05) is 24.3 Å². The van der Waals surface area contributed by atoms with E-state index < -0.39 is 6.04 Å². The molecule has 0 amide bonds. The number of anilines is 1. The van der Waals surface area contributed by atoms with Gasteiger partial charge in [-0.1, -0.05) is 29.8 Å². The van der Waals surface area contributed by atoms with Crippen LogP contribution < -0.4 is 14.8 Å². The minimum Gasteiger partial charge on any atom is -0.497 e. The van der Waals surface area contributed by atoms with Crippen molar-refractivity contribution in [1.82, 2.24) is 10.2 Å². The number of nitrogens with one attached hydrogen (secondary N) is 1. The van der Waals surface area contributed by atoms with Crippen LogP contribution in [0.15, 0.2) is 71.1 Å². The van der Waals surface area contributed by atoms with E-state index >= 15 is 0 Å². The molecule has 0 bridgehead atoms. The van der Waals surface area contributed by atoms with Crippen molar-refractivity contribution < 1.29 is 18.3 Å². The van der Waals surface area contributed by atoms with Gasteiger partial charge in [0, 0.05) is 34.5 Å². The summed E-state index contributed by atoms with van der Waals surface area (Å²) in [5.74, 6) is 1.40. The predicted molar refractivity (Wildman–Crippen MR) is 116 cm³/mol. The lowest BCUT2D eigenvalue weighted by atomic mass is 10.1. The van der Waals surface area contributed by atoms with Crippen molar-refractivity contribution in [3.8, 4) is 23.0 Å². The fraction of sp³-hybridized carbons (Fsp3) is 0.130. The topological polar surface area (TPSA) is 69.4 Å². The zero-order chi connectivity index (χ0) is 21.8. The van der Waals surface area contributed by atoms with E-state index in [1.165, 1.54) is 12.1 Å². The molecule has 8 heteroatoms. The summed E-state index contributed by atoms with van der Waals surface area (Å²) < 4.78 is 30.2. The Morgan fingerprint density at radius 1 is 0.935 bits per heavy atom. The van der Waals surface area contributed by atoms with E-state index in [4.69, 9.17) is 25.5 Å². The van der Waals surface area contributed by atoms with Gasteiger partial charge in [-0.15, -0.1) is 10.2 Å². The van der Waals surface area contributed by atoms with Gasteiger partial charge in [0.25, 0.3) is 0 Å². The standard InChI is InChI=1S/C23H19ClFN3O3/c1-29-19-11-18(12-20(13-19)30-2)26-21(14-6-8-16(24)9-7-14)23-28-27-22(31-23)15-4-3-5-17(25)10-15/h3-13,21,26H,1-2H3. The number of hydrogen-bond donors (Lipinski definition) is 1. The second-order valence-electron chi connectivity index (χ2n) is 6.69. The second kappa shape index (κ2) is 9.06. The van der Waals surface area contributed by atoms with E-state index in [2.05, 4.69) is 15.5 Å². The Balaban J connectivity index is 1.73. The zero-order valence-corrected chi connectivity index (χ0v) is 17.6. The Hall–Kier alpha value is -3.58. The van der Waals surface area contributed by atoms with Crippen LogP contribution in [0.4, 0.5) is 10.1 Å². The van der Waals surface area contributed by atoms with Gasteiger partial charge in [-0.25, -0.2) is 4.39 Å². The molecule has 1 heterocycles. The number of ether oxygens (including phenoxy) is 2. The smallest absolute Gasteiger partial charge is 0.247 e. The van der Waals surface area contributed by atoms with Crippen molar-refractivity contribution in [3.63, 3.8) is 0 Å². The fourth-order valence-electron chi connectivity index (χ4n) is 3.09. The summed E-state index contributed by atoms with van der Waals surface area (Å²) in [5.41, 5.74) is 2.07. The highest BCUT2D eigenvalue weighted by Gasteiger charge is 2.22. The van der Waals surface area contributed by atoms with Gasteiger partial charge < -0.3 is 19.2 Å². The summed E-state index contributed by atoms with van der Waals surface area (Å²) in [6, 6.07) is 18.2. The molecule has 4 aromatic rings. The highest BCUT2D eigenvalue weighted by atomic mass is 35.5. The molecule has 1 N–H and O–H groups in total.